The lowest BCUT2D eigenvalue weighted by Crippen LogP contribution is -2.47. The molecule has 1 aromatic carbocycles. The third-order valence-corrected chi connectivity index (χ3v) is 5.31. The molecular formula is C22H24F3N3O4. The molecule has 1 aliphatic heterocycles. The number of amides is 2. The van der Waals surface area contributed by atoms with Gasteiger partial charge in [0.05, 0.1) is 22.5 Å². The third-order valence-electron chi connectivity index (χ3n) is 5.31. The summed E-state index contributed by atoms with van der Waals surface area (Å²) in [7, 11) is 0. The van der Waals surface area contributed by atoms with Gasteiger partial charge in [-0.15, -0.1) is 0 Å². The highest BCUT2D eigenvalue weighted by Gasteiger charge is 2.36. The molecular weight excluding hydrogens is 427 g/mol. The highest BCUT2D eigenvalue weighted by molar-refractivity contribution is 6.11. The minimum atomic E-state index is -4.60. The van der Waals surface area contributed by atoms with E-state index >= 15 is 0 Å². The highest BCUT2D eigenvalue weighted by Crippen LogP contribution is 2.37. The molecule has 10 heteroatoms. The van der Waals surface area contributed by atoms with Gasteiger partial charge in [0, 0.05) is 17.4 Å². The number of esters is 1. The molecule has 0 saturated heterocycles. The Morgan fingerprint density at radius 2 is 1.78 bits per heavy atom. The van der Waals surface area contributed by atoms with Crippen molar-refractivity contribution in [3.8, 4) is 0 Å². The lowest BCUT2D eigenvalue weighted by atomic mass is 10.1. The molecule has 0 spiro atoms. The first-order valence-electron chi connectivity index (χ1n) is 10.0. The maximum atomic E-state index is 13.0. The van der Waals surface area contributed by atoms with Crippen LogP contribution in [0.2, 0.25) is 0 Å². The zero-order chi connectivity index (χ0) is 24.0. The normalized spacial score (nSPS) is 14.8. The molecule has 1 aromatic heterocycles. The Morgan fingerprint density at radius 3 is 2.34 bits per heavy atom. The number of ether oxygens (including phenoxy) is 1. The number of nitrogens with one attached hydrogen (secondary N) is 1. The number of rotatable bonds is 4. The van der Waals surface area contributed by atoms with Gasteiger partial charge in [0.15, 0.2) is 6.10 Å². The number of anilines is 2. The van der Waals surface area contributed by atoms with Crippen molar-refractivity contribution in [1.82, 2.24) is 4.57 Å². The van der Waals surface area contributed by atoms with Crippen molar-refractivity contribution in [2.45, 2.75) is 52.9 Å². The van der Waals surface area contributed by atoms with Crippen molar-refractivity contribution >= 4 is 29.2 Å². The summed E-state index contributed by atoms with van der Waals surface area (Å²) in [5.74, 6) is -2.06. The van der Waals surface area contributed by atoms with Crippen LogP contribution in [-0.4, -0.2) is 35.0 Å². The van der Waals surface area contributed by atoms with Crippen LogP contribution in [0.5, 0.6) is 0 Å². The monoisotopic (exact) mass is 451 g/mol. The van der Waals surface area contributed by atoms with E-state index in [-0.39, 0.29) is 17.4 Å². The minimum absolute atomic E-state index is 0.100. The van der Waals surface area contributed by atoms with E-state index in [0.717, 1.165) is 28.8 Å². The predicted octanol–water partition coefficient (Wildman–Crippen LogP) is 4.24. The van der Waals surface area contributed by atoms with Crippen LogP contribution < -0.4 is 10.2 Å². The number of benzene rings is 1. The van der Waals surface area contributed by atoms with Gasteiger partial charge in [0.2, 0.25) is 5.91 Å². The Bertz CT molecular complexity index is 1090. The fraction of sp³-hybridized carbons (Fsp3) is 0.409. The van der Waals surface area contributed by atoms with Gasteiger partial charge in [-0.2, -0.15) is 13.2 Å². The van der Waals surface area contributed by atoms with E-state index in [1.807, 2.05) is 25.3 Å². The molecule has 3 rings (SSSR count). The number of carbonyl (C=O) groups excluding carboxylic acids is 3. The second kappa shape index (κ2) is 8.33. The van der Waals surface area contributed by atoms with E-state index in [9.17, 15) is 27.6 Å². The van der Waals surface area contributed by atoms with E-state index in [1.54, 1.807) is 13.0 Å². The molecule has 2 aromatic rings. The standard InChI is InChI=1S/C22H24F3N3O4/c1-11(2)28-12(3)8-16(13(28)4)21(31)32-14(5)20(30)27-10-19(29)26-17-9-15(22(23,24)25)6-7-18(17)27/h6-9,11,14H,10H2,1-5H3,(H,26,29). The van der Waals surface area contributed by atoms with Crippen LogP contribution >= 0.6 is 0 Å². The van der Waals surface area contributed by atoms with Crippen molar-refractivity contribution in [3.63, 3.8) is 0 Å². The molecule has 1 aliphatic rings. The number of aryl methyl sites for hydroxylation is 1. The number of hydrogen-bond acceptors (Lipinski definition) is 4. The van der Waals surface area contributed by atoms with Gasteiger partial charge < -0.3 is 14.6 Å². The van der Waals surface area contributed by atoms with Gasteiger partial charge in [-0.05, 0) is 58.9 Å². The van der Waals surface area contributed by atoms with Gasteiger partial charge >= 0.3 is 12.1 Å². The first-order valence-corrected chi connectivity index (χ1v) is 10.0. The van der Waals surface area contributed by atoms with Gasteiger partial charge in [0.25, 0.3) is 5.91 Å². The van der Waals surface area contributed by atoms with Crippen LogP contribution in [0.25, 0.3) is 0 Å². The summed E-state index contributed by atoms with van der Waals surface area (Å²) in [6, 6.07) is 4.51. The smallest absolute Gasteiger partial charge is 0.416 e. The zero-order valence-corrected chi connectivity index (χ0v) is 18.3. The number of carbonyl (C=O) groups is 3. The second-order valence-electron chi connectivity index (χ2n) is 8.00. The molecule has 2 heterocycles. The number of hydrogen-bond donors (Lipinski definition) is 1. The number of alkyl halides is 3. The Morgan fingerprint density at radius 1 is 1.12 bits per heavy atom. The zero-order valence-electron chi connectivity index (χ0n) is 18.3. The van der Waals surface area contributed by atoms with Crippen LogP contribution in [0.15, 0.2) is 24.3 Å². The van der Waals surface area contributed by atoms with E-state index < -0.39 is 42.2 Å². The van der Waals surface area contributed by atoms with Crippen LogP contribution in [0.1, 0.15) is 54.1 Å². The number of fused-ring (bicyclic) bond motifs is 1. The third kappa shape index (κ3) is 4.35. The number of aromatic nitrogens is 1. The maximum Gasteiger partial charge on any atom is 0.416 e. The topological polar surface area (TPSA) is 80.6 Å². The van der Waals surface area contributed by atoms with Crippen LogP contribution in [0, 0.1) is 13.8 Å². The van der Waals surface area contributed by atoms with E-state index in [2.05, 4.69) is 5.32 Å². The molecule has 32 heavy (non-hydrogen) atoms. The molecule has 1 unspecified atom stereocenters. The summed E-state index contributed by atoms with van der Waals surface area (Å²) in [5, 5.41) is 2.35. The lowest BCUT2D eigenvalue weighted by molar-refractivity contribution is -0.137. The summed E-state index contributed by atoms with van der Waals surface area (Å²) in [4.78, 5) is 38.7. The van der Waals surface area contributed by atoms with Crippen molar-refractivity contribution in [3.05, 3.63) is 46.8 Å². The van der Waals surface area contributed by atoms with Crippen molar-refractivity contribution < 1.29 is 32.3 Å². The average molecular weight is 451 g/mol. The van der Waals surface area contributed by atoms with Crippen molar-refractivity contribution in [1.29, 1.82) is 0 Å². The Balaban J connectivity index is 1.83. The average Bonchev–Trinajstić information content (AvgIpc) is 2.99. The van der Waals surface area contributed by atoms with Crippen LogP contribution in [0.4, 0.5) is 24.5 Å². The largest absolute Gasteiger partial charge is 0.449 e. The van der Waals surface area contributed by atoms with Crippen LogP contribution in [-0.2, 0) is 20.5 Å². The minimum Gasteiger partial charge on any atom is -0.449 e. The van der Waals surface area contributed by atoms with Crippen LogP contribution in [0.3, 0.4) is 0 Å². The van der Waals surface area contributed by atoms with E-state index in [0.29, 0.717) is 11.3 Å². The van der Waals surface area contributed by atoms with Crippen molar-refractivity contribution in [2.24, 2.45) is 0 Å². The molecule has 0 saturated carbocycles. The first-order chi connectivity index (χ1) is 14.8. The van der Waals surface area contributed by atoms with Crippen molar-refractivity contribution in [2.75, 3.05) is 16.8 Å². The molecule has 1 N–H and O–H groups in total. The Kier molecular flexibility index (Phi) is 6.08. The summed E-state index contributed by atoms with van der Waals surface area (Å²) in [5.41, 5.74) is 0.898. The Labute approximate surface area is 183 Å². The molecule has 2 amide bonds. The number of halogens is 3. The lowest BCUT2D eigenvalue weighted by Gasteiger charge is -2.31. The first kappa shape index (κ1) is 23.4. The van der Waals surface area contributed by atoms with Gasteiger partial charge in [-0.25, -0.2) is 4.79 Å². The predicted molar refractivity (Wildman–Crippen MR) is 112 cm³/mol. The molecule has 172 valence electrons. The molecule has 0 fully saturated rings. The molecule has 0 aliphatic carbocycles. The summed E-state index contributed by atoms with van der Waals surface area (Å²) in [6.07, 6.45) is -5.86. The second-order valence-corrected chi connectivity index (χ2v) is 8.00. The van der Waals surface area contributed by atoms with Gasteiger partial charge in [-0.1, -0.05) is 0 Å². The van der Waals surface area contributed by atoms with Gasteiger partial charge in [-0.3, -0.25) is 14.5 Å². The van der Waals surface area contributed by atoms with E-state index in [1.165, 1.54) is 6.92 Å². The van der Waals surface area contributed by atoms with Gasteiger partial charge in [0.1, 0.15) is 6.54 Å². The molecule has 7 nitrogen and oxygen atoms in total. The highest BCUT2D eigenvalue weighted by atomic mass is 19.4. The SMILES string of the molecule is Cc1cc(C(=O)OC(C)C(=O)N2CC(=O)Nc3cc(C(F)(F)F)ccc32)c(C)n1C(C)C. The fourth-order valence-electron chi connectivity index (χ4n) is 3.94. The Hall–Kier alpha value is -3.30. The summed E-state index contributed by atoms with van der Waals surface area (Å²) in [6.45, 7) is 8.55. The maximum absolute atomic E-state index is 13.0. The number of nitrogens with zero attached hydrogens (tertiary/aromatic N) is 2. The van der Waals surface area contributed by atoms with E-state index in [4.69, 9.17) is 4.74 Å². The molecule has 1 atom stereocenters. The summed E-state index contributed by atoms with van der Waals surface area (Å²) < 4.78 is 46.3. The molecule has 0 bridgehead atoms. The summed E-state index contributed by atoms with van der Waals surface area (Å²) >= 11 is 0. The fourth-order valence-corrected chi connectivity index (χ4v) is 3.94. The molecule has 0 radical (unpaired) electrons. The quantitative estimate of drug-likeness (QED) is 0.706.